The second-order valence-electron chi connectivity index (χ2n) is 5.73. The van der Waals surface area contributed by atoms with Crippen molar-refractivity contribution in [2.45, 2.75) is 59.0 Å². The molecular weight excluding hydrogens is 226 g/mol. The van der Waals surface area contributed by atoms with E-state index in [1.807, 2.05) is 6.92 Å². The van der Waals surface area contributed by atoms with Crippen molar-refractivity contribution in [2.75, 3.05) is 19.6 Å². The van der Waals surface area contributed by atoms with E-state index in [4.69, 9.17) is 0 Å². The maximum absolute atomic E-state index is 11.6. The third-order valence-electron chi connectivity index (χ3n) is 3.99. The molecule has 2 atom stereocenters. The van der Waals surface area contributed by atoms with Crippen LogP contribution in [0.4, 0.5) is 4.79 Å². The second kappa shape index (κ2) is 7.62. The fourth-order valence-corrected chi connectivity index (χ4v) is 2.22. The molecule has 0 bridgehead atoms. The minimum absolute atomic E-state index is 0.0402. The molecule has 1 saturated heterocycles. The number of nitrogens with one attached hydrogen (secondary N) is 2. The molecule has 2 N–H and O–H groups in total. The van der Waals surface area contributed by atoms with E-state index in [2.05, 4.69) is 36.3 Å². The highest BCUT2D eigenvalue weighted by Gasteiger charge is 2.20. The number of carbonyl (C=O) groups is 1. The molecular formula is C14H29N3O. The summed E-state index contributed by atoms with van der Waals surface area (Å²) < 4.78 is 0. The summed E-state index contributed by atoms with van der Waals surface area (Å²) in [5.41, 5.74) is 0. The van der Waals surface area contributed by atoms with E-state index in [9.17, 15) is 4.79 Å². The summed E-state index contributed by atoms with van der Waals surface area (Å²) >= 11 is 0. The molecule has 0 aromatic heterocycles. The number of amides is 2. The average Bonchev–Trinajstić information content (AvgIpc) is 2.36. The number of piperidine rings is 1. The molecule has 106 valence electrons. The van der Waals surface area contributed by atoms with Gasteiger partial charge in [-0.15, -0.1) is 0 Å². The first kappa shape index (κ1) is 15.3. The van der Waals surface area contributed by atoms with E-state index in [1.54, 1.807) is 0 Å². The lowest BCUT2D eigenvalue weighted by atomic mass is 9.98. The fraction of sp³-hybridized carbons (Fsp3) is 0.929. The Morgan fingerprint density at radius 1 is 1.33 bits per heavy atom. The van der Waals surface area contributed by atoms with Gasteiger partial charge in [0.05, 0.1) is 0 Å². The van der Waals surface area contributed by atoms with Gasteiger partial charge in [-0.2, -0.15) is 0 Å². The molecule has 0 saturated carbocycles. The van der Waals surface area contributed by atoms with Gasteiger partial charge in [-0.05, 0) is 52.1 Å². The van der Waals surface area contributed by atoms with Crippen LogP contribution in [0.25, 0.3) is 0 Å². The van der Waals surface area contributed by atoms with Crippen molar-refractivity contribution >= 4 is 6.03 Å². The van der Waals surface area contributed by atoms with Crippen LogP contribution < -0.4 is 10.6 Å². The van der Waals surface area contributed by atoms with Crippen LogP contribution in [0.3, 0.4) is 0 Å². The molecule has 0 radical (unpaired) electrons. The Balaban J connectivity index is 2.20. The van der Waals surface area contributed by atoms with Crippen molar-refractivity contribution < 1.29 is 4.79 Å². The van der Waals surface area contributed by atoms with Crippen molar-refractivity contribution in [3.05, 3.63) is 0 Å². The molecule has 2 unspecified atom stereocenters. The van der Waals surface area contributed by atoms with Gasteiger partial charge in [-0.3, -0.25) is 4.90 Å². The molecule has 0 aliphatic carbocycles. The van der Waals surface area contributed by atoms with Crippen LogP contribution >= 0.6 is 0 Å². The van der Waals surface area contributed by atoms with Gasteiger partial charge in [0.1, 0.15) is 0 Å². The molecule has 18 heavy (non-hydrogen) atoms. The molecule has 0 aromatic carbocycles. The number of likely N-dealkylation sites (tertiary alicyclic amines) is 1. The van der Waals surface area contributed by atoms with Crippen molar-refractivity contribution in [1.82, 2.24) is 15.5 Å². The van der Waals surface area contributed by atoms with E-state index in [0.717, 1.165) is 32.0 Å². The molecule has 1 heterocycles. The first-order valence-electron chi connectivity index (χ1n) is 7.31. The predicted octanol–water partition coefficient (Wildman–Crippen LogP) is 2.20. The molecule has 1 fully saturated rings. The number of hydrogen-bond donors (Lipinski definition) is 2. The standard InChI is InChI=1S/C14H29N3O/c1-5-12(3)16-14(18)15-10-13(4)17-8-6-11(2)7-9-17/h11-13H,5-10H2,1-4H3,(H2,15,16,18). The lowest BCUT2D eigenvalue weighted by Gasteiger charge is -2.35. The van der Waals surface area contributed by atoms with Crippen LogP contribution in [0.15, 0.2) is 0 Å². The van der Waals surface area contributed by atoms with Gasteiger partial charge in [0.2, 0.25) is 0 Å². The summed E-state index contributed by atoms with van der Waals surface area (Å²) in [6, 6.07) is 0.637. The van der Waals surface area contributed by atoms with Gasteiger partial charge < -0.3 is 10.6 Å². The molecule has 0 aromatic rings. The quantitative estimate of drug-likeness (QED) is 0.791. The summed E-state index contributed by atoms with van der Waals surface area (Å²) in [6.07, 6.45) is 3.53. The molecule has 1 rings (SSSR count). The minimum Gasteiger partial charge on any atom is -0.337 e. The Bertz CT molecular complexity index is 249. The smallest absolute Gasteiger partial charge is 0.315 e. The summed E-state index contributed by atoms with van der Waals surface area (Å²) in [7, 11) is 0. The summed E-state index contributed by atoms with van der Waals surface area (Å²) in [6.45, 7) is 11.7. The van der Waals surface area contributed by atoms with Crippen molar-refractivity contribution in [3.8, 4) is 0 Å². The van der Waals surface area contributed by atoms with E-state index < -0.39 is 0 Å². The third-order valence-corrected chi connectivity index (χ3v) is 3.99. The van der Waals surface area contributed by atoms with Gasteiger partial charge in [-0.1, -0.05) is 13.8 Å². The summed E-state index contributed by atoms with van der Waals surface area (Å²) in [4.78, 5) is 14.1. The van der Waals surface area contributed by atoms with Crippen LogP contribution in [0, 0.1) is 5.92 Å². The first-order chi connectivity index (χ1) is 8.52. The zero-order chi connectivity index (χ0) is 13.5. The zero-order valence-electron chi connectivity index (χ0n) is 12.3. The predicted molar refractivity (Wildman–Crippen MR) is 75.7 cm³/mol. The monoisotopic (exact) mass is 255 g/mol. The number of nitrogens with zero attached hydrogens (tertiary/aromatic N) is 1. The van der Waals surface area contributed by atoms with E-state index >= 15 is 0 Å². The van der Waals surface area contributed by atoms with Gasteiger partial charge >= 0.3 is 6.03 Å². The van der Waals surface area contributed by atoms with E-state index in [-0.39, 0.29) is 12.1 Å². The van der Waals surface area contributed by atoms with E-state index in [0.29, 0.717) is 6.04 Å². The Morgan fingerprint density at radius 3 is 2.50 bits per heavy atom. The van der Waals surface area contributed by atoms with Crippen LogP contribution in [-0.2, 0) is 0 Å². The number of rotatable bonds is 5. The normalized spacial score (nSPS) is 21.3. The van der Waals surface area contributed by atoms with Crippen molar-refractivity contribution in [3.63, 3.8) is 0 Å². The number of carbonyl (C=O) groups excluding carboxylic acids is 1. The SMILES string of the molecule is CCC(C)NC(=O)NCC(C)N1CCC(C)CC1. The second-order valence-corrected chi connectivity index (χ2v) is 5.73. The van der Waals surface area contributed by atoms with Gasteiger partial charge in [0.15, 0.2) is 0 Å². The minimum atomic E-state index is -0.0402. The molecule has 4 heteroatoms. The molecule has 4 nitrogen and oxygen atoms in total. The highest BCUT2D eigenvalue weighted by Crippen LogP contribution is 2.17. The Labute approximate surface area is 111 Å². The molecule has 1 aliphatic heterocycles. The maximum atomic E-state index is 11.6. The van der Waals surface area contributed by atoms with Crippen LogP contribution in [0.1, 0.15) is 47.0 Å². The topological polar surface area (TPSA) is 44.4 Å². The molecule has 1 aliphatic rings. The largest absolute Gasteiger partial charge is 0.337 e. The Hall–Kier alpha value is -0.770. The lowest BCUT2D eigenvalue weighted by Crippen LogP contribution is -2.48. The van der Waals surface area contributed by atoms with Gasteiger partial charge in [0, 0.05) is 18.6 Å². The van der Waals surface area contributed by atoms with Crippen LogP contribution in [0.5, 0.6) is 0 Å². The highest BCUT2D eigenvalue weighted by atomic mass is 16.2. The molecule has 0 spiro atoms. The Kier molecular flexibility index (Phi) is 6.47. The number of urea groups is 1. The van der Waals surface area contributed by atoms with Crippen molar-refractivity contribution in [2.24, 2.45) is 5.92 Å². The zero-order valence-corrected chi connectivity index (χ0v) is 12.3. The van der Waals surface area contributed by atoms with Gasteiger partial charge in [0.25, 0.3) is 0 Å². The Morgan fingerprint density at radius 2 is 1.94 bits per heavy atom. The van der Waals surface area contributed by atoms with Crippen LogP contribution in [0.2, 0.25) is 0 Å². The highest BCUT2D eigenvalue weighted by molar-refractivity contribution is 5.74. The van der Waals surface area contributed by atoms with Crippen LogP contribution in [-0.4, -0.2) is 42.6 Å². The summed E-state index contributed by atoms with van der Waals surface area (Å²) in [5.74, 6) is 0.857. The van der Waals surface area contributed by atoms with Crippen molar-refractivity contribution in [1.29, 1.82) is 0 Å². The lowest BCUT2D eigenvalue weighted by molar-refractivity contribution is 0.145. The summed E-state index contributed by atoms with van der Waals surface area (Å²) in [5, 5.41) is 5.89. The third kappa shape index (κ3) is 5.25. The average molecular weight is 255 g/mol. The van der Waals surface area contributed by atoms with Gasteiger partial charge in [-0.25, -0.2) is 4.79 Å². The number of hydrogen-bond acceptors (Lipinski definition) is 2. The van der Waals surface area contributed by atoms with E-state index in [1.165, 1.54) is 12.8 Å². The molecule has 2 amide bonds. The fourth-order valence-electron chi connectivity index (χ4n) is 2.22. The first-order valence-corrected chi connectivity index (χ1v) is 7.31. The maximum Gasteiger partial charge on any atom is 0.315 e.